The summed E-state index contributed by atoms with van der Waals surface area (Å²) in [6.45, 7) is 3.06. The first-order valence-corrected chi connectivity index (χ1v) is 12.2. The Morgan fingerprint density at radius 2 is 1.92 bits per heavy atom. The van der Waals surface area contributed by atoms with Crippen molar-refractivity contribution in [3.05, 3.63) is 71.4 Å². The van der Waals surface area contributed by atoms with E-state index in [-0.39, 0.29) is 5.91 Å². The molecule has 0 spiro atoms. The zero-order valence-corrected chi connectivity index (χ0v) is 20.2. The van der Waals surface area contributed by atoms with Crippen molar-refractivity contribution in [3.8, 4) is 22.5 Å². The number of aromatic nitrogens is 5. The van der Waals surface area contributed by atoms with Crippen LogP contribution >= 0.6 is 11.6 Å². The number of aromatic amines is 1. The van der Waals surface area contributed by atoms with Crippen molar-refractivity contribution in [3.63, 3.8) is 0 Å². The third-order valence-electron chi connectivity index (χ3n) is 6.83. The van der Waals surface area contributed by atoms with Gasteiger partial charge in [-0.05, 0) is 70.8 Å². The fourth-order valence-corrected chi connectivity index (χ4v) is 4.87. The molecular formula is C26H24ClN7O2. The van der Waals surface area contributed by atoms with Crippen molar-refractivity contribution in [1.82, 2.24) is 25.6 Å². The number of halogens is 1. The molecule has 182 valence electrons. The highest BCUT2D eigenvalue weighted by atomic mass is 35.5. The summed E-state index contributed by atoms with van der Waals surface area (Å²) in [6, 6.07) is 17.3. The van der Waals surface area contributed by atoms with E-state index >= 15 is 0 Å². The minimum absolute atomic E-state index is 0.0457. The standard InChI is InChI=1S/C26H24ClN7O2/c27-19-3-1-2-18(14-19)26(8-9-26)25(35)29-20-5-6-21(22(15-20)24-30-32-33-31-24)17-4-7-23(28-16-17)34-10-12-36-13-11-34/h1-7,14-16H,8-13H2,(H,29,35)(H,30,31,32,33). The quantitative estimate of drug-likeness (QED) is 0.409. The van der Waals surface area contributed by atoms with Gasteiger partial charge in [0.2, 0.25) is 5.91 Å². The molecule has 1 amide bonds. The number of carbonyl (C=O) groups is 1. The molecule has 4 aromatic rings. The summed E-state index contributed by atoms with van der Waals surface area (Å²) < 4.78 is 5.44. The lowest BCUT2D eigenvalue weighted by molar-refractivity contribution is -0.118. The molecule has 1 aliphatic heterocycles. The van der Waals surface area contributed by atoms with Crippen LogP contribution < -0.4 is 10.2 Å². The molecule has 0 atom stereocenters. The molecule has 0 bridgehead atoms. The number of morpholine rings is 1. The molecule has 10 heteroatoms. The van der Waals surface area contributed by atoms with E-state index in [0.29, 0.717) is 29.7 Å². The highest BCUT2D eigenvalue weighted by molar-refractivity contribution is 6.30. The van der Waals surface area contributed by atoms with Crippen LogP contribution in [-0.2, 0) is 14.9 Å². The van der Waals surface area contributed by atoms with Gasteiger partial charge in [0.25, 0.3) is 0 Å². The average molecular weight is 502 g/mol. The van der Waals surface area contributed by atoms with Crippen LogP contribution in [0.5, 0.6) is 0 Å². The van der Waals surface area contributed by atoms with Crippen molar-refractivity contribution in [1.29, 1.82) is 0 Å². The molecule has 36 heavy (non-hydrogen) atoms. The zero-order valence-electron chi connectivity index (χ0n) is 19.4. The molecule has 2 N–H and O–H groups in total. The number of nitrogens with zero attached hydrogens (tertiary/aromatic N) is 5. The van der Waals surface area contributed by atoms with Gasteiger partial charge in [-0.25, -0.2) is 10.1 Å². The second kappa shape index (κ2) is 9.33. The van der Waals surface area contributed by atoms with Gasteiger partial charge < -0.3 is 15.0 Å². The molecule has 6 rings (SSSR count). The maximum absolute atomic E-state index is 13.3. The average Bonchev–Trinajstić information content (AvgIpc) is 3.56. The number of ether oxygens (including phenoxy) is 1. The van der Waals surface area contributed by atoms with Gasteiger partial charge in [0.1, 0.15) is 5.82 Å². The Morgan fingerprint density at radius 1 is 1.06 bits per heavy atom. The van der Waals surface area contributed by atoms with Crippen LogP contribution in [0.1, 0.15) is 18.4 Å². The van der Waals surface area contributed by atoms with Gasteiger partial charge in [-0.2, -0.15) is 0 Å². The highest BCUT2D eigenvalue weighted by Gasteiger charge is 2.51. The molecule has 0 unspecified atom stereocenters. The molecule has 1 saturated heterocycles. The number of amides is 1. The smallest absolute Gasteiger partial charge is 0.235 e. The van der Waals surface area contributed by atoms with Gasteiger partial charge in [0.15, 0.2) is 5.82 Å². The zero-order chi connectivity index (χ0) is 24.5. The Bertz CT molecular complexity index is 1380. The van der Waals surface area contributed by atoms with E-state index in [1.54, 1.807) is 0 Å². The summed E-state index contributed by atoms with van der Waals surface area (Å²) in [4.78, 5) is 20.2. The van der Waals surface area contributed by atoms with Crippen molar-refractivity contribution in [2.45, 2.75) is 18.3 Å². The molecule has 9 nitrogen and oxygen atoms in total. The minimum Gasteiger partial charge on any atom is -0.378 e. The molecule has 1 aliphatic carbocycles. The first kappa shape index (κ1) is 22.6. The number of rotatable bonds is 6. The number of hydrogen-bond donors (Lipinski definition) is 2. The molecule has 3 heterocycles. The van der Waals surface area contributed by atoms with E-state index in [0.717, 1.165) is 54.0 Å². The topological polar surface area (TPSA) is 109 Å². The molecule has 2 aromatic carbocycles. The fraction of sp³-hybridized carbons (Fsp3) is 0.269. The van der Waals surface area contributed by atoms with Crippen molar-refractivity contribution in [2.75, 3.05) is 36.5 Å². The van der Waals surface area contributed by atoms with Gasteiger partial charge in [0, 0.05) is 41.1 Å². The second-order valence-corrected chi connectivity index (χ2v) is 9.50. The van der Waals surface area contributed by atoms with Gasteiger partial charge in [-0.3, -0.25) is 4.79 Å². The monoisotopic (exact) mass is 501 g/mol. The first-order valence-electron chi connectivity index (χ1n) is 11.9. The van der Waals surface area contributed by atoms with E-state index in [4.69, 9.17) is 16.3 Å². The van der Waals surface area contributed by atoms with E-state index in [9.17, 15) is 4.79 Å². The number of carbonyl (C=O) groups excluding carboxylic acids is 1. The number of hydrogen-bond acceptors (Lipinski definition) is 7. The molecule has 0 radical (unpaired) electrons. The lowest BCUT2D eigenvalue weighted by Crippen LogP contribution is -2.36. The van der Waals surface area contributed by atoms with Crippen LogP contribution in [0.25, 0.3) is 22.5 Å². The SMILES string of the molecule is O=C(Nc1ccc(-c2ccc(N3CCOCC3)nc2)c(-c2nnn[nH]2)c1)C1(c2cccc(Cl)c2)CC1. The highest BCUT2D eigenvalue weighted by Crippen LogP contribution is 2.49. The molecule has 2 fully saturated rings. The lowest BCUT2D eigenvalue weighted by atomic mass is 9.94. The molecule has 2 aliphatic rings. The van der Waals surface area contributed by atoms with Crippen LogP contribution in [0, 0.1) is 0 Å². The van der Waals surface area contributed by atoms with Gasteiger partial charge in [-0.15, -0.1) is 5.10 Å². The fourth-order valence-electron chi connectivity index (χ4n) is 4.68. The first-order chi connectivity index (χ1) is 17.6. The Hall–Kier alpha value is -3.82. The number of benzene rings is 2. The number of pyridine rings is 1. The maximum atomic E-state index is 13.3. The summed E-state index contributed by atoms with van der Waals surface area (Å²) in [5.41, 5.74) is 3.66. The Kier molecular flexibility index (Phi) is 5.86. The largest absolute Gasteiger partial charge is 0.378 e. The molecule has 1 saturated carbocycles. The molecular weight excluding hydrogens is 478 g/mol. The summed E-state index contributed by atoms with van der Waals surface area (Å²) in [5.74, 6) is 1.38. The van der Waals surface area contributed by atoms with Crippen LogP contribution in [0.15, 0.2) is 60.8 Å². The predicted molar refractivity (Wildman–Crippen MR) is 137 cm³/mol. The summed E-state index contributed by atoms with van der Waals surface area (Å²) in [7, 11) is 0. The maximum Gasteiger partial charge on any atom is 0.235 e. The van der Waals surface area contributed by atoms with E-state index in [1.807, 2.05) is 60.8 Å². The van der Waals surface area contributed by atoms with Crippen molar-refractivity contribution < 1.29 is 9.53 Å². The number of H-pyrrole nitrogens is 1. The van der Waals surface area contributed by atoms with E-state index in [1.165, 1.54) is 0 Å². The third-order valence-corrected chi connectivity index (χ3v) is 7.07. The van der Waals surface area contributed by atoms with E-state index < -0.39 is 5.41 Å². The van der Waals surface area contributed by atoms with Crippen LogP contribution in [-0.4, -0.2) is 57.8 Å². The number of anilines is 2. The summed E-state index contributed by atoms with van der Waals surface area (Å²) in [6.07, 6.45) is 3.43. The van der Waals surface area contributed by atoms with Gasteiger partial charge >= 0.3 is 0 Å². The Labute approximate surface area is 212 Å². The summed E-state index contributed by atoms with van der Waals surface area (Å²) >= 11 is 6.18. The third kappa shape index (κ3) is 4.31. The predicted octanol–water partition coefficient (Wildman–Crippen LogP) is 4.09. The van der Waals surface area contributed by atoms with Crippen molar-refractivity contribution >= 4 is 29.0 Å². The number of tetrazole rings is 1. The Morgan fingerprint density at radius 3 is 2.61 bits per heavy atom. The normalized spacial score (nSPS) is 16.5. The van der Waals surface area contributed by atoms with Crippen LogP contribution in [0.2, 0.25) is 5.02 Å². The van der Waals surface area contributed by atoms with E-state index in [2.05, 4.69) is 35.8 Å². The van der Waals surface area contributed by atoms with Gasteiger partial charge in [-0.1, -0.05) is 29.8 Å². The van der Waals surface area contributed by atoms with Crippen LogP contribution in [0.3, 0.4) is 0 Å². The molecule has 2 aromatic heterocycles. The number of nitrogens with one attached hydrogen (secondary N) is 2. The van der Waals surface area contributed by atoms with Gasteiger partial charge in [0.05, 0.1) is 18.6 Å². The summed E-state index contributed by atoms with van der Waals surface area (Å²) in [5, 5.41) is 18.2. The second-order valence-electron chi connectivity index (χ2n) is 9.06. The Balaban J connectivity index is 1.29. The van der Waals surface area contributed by atoms with Crippen molar-refractivity contribution in [2.24, 2.45) is 0 Å². The van der Waals surface area contributed by atoms with Crippen LogP contribution in [0.4, 0.5) is 11.5 Å². The lowest BCUT2D eigenvalue weighted by Gasteiger charge is -2.27. The minimum atomic E-state index is -0.545.